The highest BCUT2D eigenvalue weighted by Gasteiger charge is 2.20. The first kappa shape index (κ1) is 15.9. The van der Waals surface area contributed by atoms with Crippen molar-refractivity contribution in [3.8, 4) is 17.2 Å². The largest absolute Gasteiger partial charge is 0.497 e. The van der Waals surface area contributed by atoms with Crippen LogP contribution in [0, 0.1) is 0 Å². The zero-order valence-corrected chi connectivity index (χ0v) is 12.7. The van der Waals surface area contributed by atoms with Gasteiger partial charge in [0.15, 0.2) is 17.3 Å². The van der Waals surface area contributed by atoms with E-state index < -0.39 is 11.9 Å². The Morgan fingerprint density at radius 3 is 2.09 bits per heavy atom. The number of hydrogen-bond acceptors (Lipinski definition) is 5. The van der Waals surface area contributed by atoms with Crippen molar-refractivity contribution in [2.75, 3.05) is 21.3 Å². The van der Waals surface area contributed by atoms with Crippen LogP contribution >= 0.6 is 0 Å². The summed E-state index contributed by atoms with van der Waals surface area (Å²) in [5.41, 5.74) is 0.849. The van der Waals surface area contributed by atoms with Gasteiger partial charge in [-0.1, -0.05) is 12.1 Å². The molecule has 0 aliphatic heterocycles. The first-order chi connectivity index (χ1) is 10.6. The predicted octanol–water partition coefficient (Wildman–Crippen LogP) is 2.63. The molecule has 0 saturated carbocycles. The van der Waals surface area contributed by atoms with Gasteiger partial charge in [-0.05, 0) is 35.9 Å². The predicted molar refractivity (Wildman–Crippen MR) is 81.8 cm³/mol. The third-order valence-corrected chi connectivity index (χ3v) is 3.35. The molecule has 1 N–H and O–H groups in total. The van der Waals surface area contributed by atoms with Crippen LogP contribution < -0.4 is 14.2 Å². The molecule has 0 aliphatic rings. The lowest BCUT2D eigenvalue weighted by molar-refractivity contribution is 0.0747. The summed E-state index contributed by atoms with van der Waals surface area (Å²) in [5.74, 6) is 1.22. The summed E-state index contributed by atoms with van der Waals surface area (Å²) in [6.45, 7) is 0. The Balaban J connectivity index is 2.26. The minimum atomic E-state index is -1.25. The molecule has 2 aromatic carbocycles. The summed E-state index contributed by atoms with van der Waals surface area (Å²) >= 11 is 0. The number of hydrogen-bond donors (Lipinski definition) is 1. The summed E-state index contributed by atoms with van der Waals surface area (Å²) < 4.78 is 15.3. The standard InChI is InChI=1S/C17H18O5/c1-20-13-7-4-11(5-8-13)16(18)17(19)12-6-9-14(21-2)15(10-12)22-3/h4-10,16,18H,1-3H3. The zero-order valence-electron chi connectivity index (χ0n) is 12.7. The van der Waals surface area contributed by atoms with Gasteiger partial charge in [-0.15, -0.1) is 0 Å². The summed E-state index contributed by atoms with van der Waals surface area (Å²) in [7, 11) is 4.57. The minimum absolute atomic E-state index is 0.348. The van der Waals surface area contributed by atoms with Crippen molar-refractivity contribution in [2.45, 2.75) is 6.10 Å². The molecule has 5 nitrogen and oxygen atoms in total. The average molecular weight is 302 g/mol. The number of ether oxygens (including phenoxy) is 3. The third-order valence-electron chi connectivity index (χ3n) is 3.35. The van der Waals surface area contributed by atoms with E-state index in [0.29, 0.717) is 28.4 Å². The highest BCUT2D eigenvalue weighted by Crippen LogP contribution is 2.29. The van der Waals surface area contributed by atoms with Gasteiger partial charge in [-0.25, -0.2) is 0 Å². The van der Waals surface area contributed by atoms with Gasteiger partial charge >= 0.3 is 0 Å². The molecule has 5 heteroatoms. The van der Waals surface area contributed by atoms with Gasteiger partial charge in [0, 0.05) is 5.56 Å². The van der Waals surface area contributed by atoms with Crippen molar-refractivity contribution in [1.29, 1.82) is 0 Å². The number of carbonyl (C=O) groups is 1. The highest BCUT2D eigenvalue weighted by atomic mass is 16.5. The van der Waals surface area contributed by atoms with E-state index in [-0.39, 0.29) is 0 Å². The molecule has 2 aromatic rings. The van der Waals surface area contributed by atoms with E-state index in [1.54, 1.807) is 49.6 Å². The first-order valence-corrected chi connectivity index (χ1v) is 6.69. The second-order valence-corrected chi connectivity index (χ2v) is 4.61. The Bertz CT molecular complexity index is 649. The smallest absolute Gasteiger partial charge is 0.195 e. The maximum atomic E-state index is 12.4. The van der Waals surface area contributed by atoms with Crippen molar-refractivity contribution in [3.63, 3.8) is 0 Å². The molecule has 0 radical (unpaired) electrons. The van der Waals surface area contributed by atoms with Crippen LogP contribution in [0.4, 0.5) is 0 Å². The number of aliphatic hydroxyl groups excluding tert-OH is 1. The molecule has 1 unspecified atom stereocenters. The van der Waals surface area contributed by atoms with Crippen LogP contribution in [0.3, 0.4) is 0 Å². The monoisotopic (exact) mass is 302 g/mol. The average Bonchev–Trinajstić information content (AvgIpc) is 2.59. The Labute approximate surface area is 129 Å². The van der Waals surface area contributed by atoms with E-state index >= 15 is 0 Å². The molecule has 0 aliphatic carbocycles. The van der Waals surface area contributed by atoms with Crippen LogP contribution in [-0.4, -0.2) is 32.2 Å². The fourth-order valence-electron chi connectivity index (χ4n) is 2.08. The number of rotatable bonds is 6. The van der Waals surface area contributed by atoms with Crippen LogP contribution in [0.25, 0.3) is 0 Å². The lowest BCUT2D eigenvalue weighted by Gasteiger charge is -2.13. The fourth-order valence-corrected chi connectivity index (χ4v) is 2.08. The Hall–Kier alpha value is -2.53. The molecule has 0 fully saturated rings. The van der Waals surface area contributed by atoms with Gasteiger partial charge in [0.25, 0.3) is 0 Å². The molecule has 0 saturated heterocycles. The SMILES string of the molecule is COc1ccc(C(O)C(=O)c2ccc(OC)c(OC)c2)cc1. The molecule has 1 atom stereocenters. The van der Waals surface area contributed by atoms with Crippen LogP contribution in [-0.2, 0) is 0 Å². The highest BCUT2D eigenvalue weighted by molar-refractivity contribution is 6.00. The summed E-state index contributed by atoms with van der Waals surface area (Å²) in [6, 6.07) is 11.5. The van der Waals surface area contributed by atoms with E-state index in [1.165, 1.54) is 14.2 Å². The lowest BCUT2D eigenvalue weighted by Crippen LogP contribution is -2.12. The van der Waals surface area contributed by atoms with E-state index in [1.807, 2.05) is 0 Å². The minimum Gasteiger partial charge on any atom is -0.497 e. The van der Waals surface area contributed by atoms with Gasteiger partial charge < -0.3 is 19.3 Å². The fraction of sp³-hybridized carbons (Fsp3) is 0.235. The number of ketones is 1. The molecule has 2 rings (SSSR count). The van der Waals surface area contributed by atoms with Gasteiger partial charge in [0.1, 0.15) is 11.9 Å². The quantitative estimate of drug-likeness (QED) is 0.831. The molecule has 0 spiro atoms. The van der Waals surface area contributed by atoms with Crippen LogP contribution in [0.5, 0.6) is 17.2 Å². The maximum Gasteiger partial charge on any atom is 0.195 e. The summed E-state index contributed by atoms with van der Waals surface area (Å²) in [6.07, 6.45) is -1.25. The normalized spacial score (nSPS) is 11.6. The van der Waals surface area contributed by atoms with Crippen molar-refractivity contribution in [3.05, 3.63) is 53.6 Å². The molecular weight excluding hydrogens is 284 g/mol. The van der Waals surface area contributed by atoms with E-state index in [9.17, 15) is 9.90 Å². The number of Topliss-reactive ketones (excluding diaryl/α,β-unsaturated/α-hetero) is 1. The number of carbonyl (C=O) groups excluding carboxylic acids is 1. The zero-order chi connectivity index (χ0) is 16.1. The molecule has 0 amide bonds. The van der Waals surface area contributed by atoms with Crippen LogP contribution in [0.15, 0.2) is 42.5 Å². The van der Waals surface area contributed by atoms with Crippen LogP contribution in [0.2, 0.25) is 0 Å². The second-order valence-electron chi connectivity index (χ2n) is 4.61. The maximum absolute atomic E-state index is 12.4. The third kappa shape index (κ3) is 3.20. The Morgan fingerprint density at radius 1 is 0.909 bits per heavy atom. The van der Waals surface area contributed by atoms with Gasteiger partial charge in [0.05, 0.1) is 21.3 Å². The van der Waals surface area contributed by atoms with Gasteiger partial charge in [-0.2, -0.15) is 0 Å². The molecule has 116 valence electrons. The van der Waals surface area contributed by atoms with Crippen molar-refractivity contribution in [1.82, 2.24) is 0 Å². The number of methoxy groups -OCH3 is 3. The lowest BCUT2D eigenvalue weighted by atomic mass is 9.99. The van der Waals surface area contributed by atoms with E-state index in [4.69, 9.17) is 14.2 Å². The number of aliphatic hydroxyl groups is 1. The second kappa shape index (κ2) is 6.95. The van der Waals surface area contributed by atoms with Crippen molar-refractivity contribution < 1.29 is 24.1 Å². The van der Waals surface area contributed by atoms with Gasteiger partial charge in [-0.3, -0.25) is 4.79 Å². The Morgan fingerprint density at radius 2 is 1.55 bits per heavy atom. The van der Waals surface area contributed by atoms with Crippen molar-refractivity contribution in [2.24, 2.45) is 0 Å². The van der Waals surface area contributed by atoms with E-state index in [0.717, 1.165) is 0 Å². The summed E-state index contributed by atoms with van der Waals surface area (Å²) in [5, 5.41) is 10.2. The van der Waals surface area contributed by atoms with Gasteiger partial charge in [0.2, 0.25) is 0 Å². The summed E-state index contributed by atoms with van der Waals surface area (Å²) in [4.78, 5) is 12.4. The van der Waals surface area contributed by atoms with Crippen molar-refractivity contribution >= 4 is 5.78 Å². The Kier molecular flexibility index (Phi) is 5.01. The van der Waals surface area contributed by atoms with Crippen LogP contribution in [0.1, 0.15) is 22.0 Å². The molecular formula is C17H18O5. The molecule has 0 aromatic heterocycles. The number of benzene rings is 2. The molecule has 22 heavy (non-hydrogen) atoms. The molecule has 0 bridgehead atoms. The first-order valence-electron chi connectivity index (χ1n) is 6.69. The van der Waals surface area contributed by atoms with E-state index in [2.05, 4.69) is 0 Å². The topological polar surface area (TPSA) is 65.0 Å². The molecule has 0 heterocycles.